The van der Waals surface area contributed by atoms with E-state index >= 15 is 0 Å². The van der Waals surface area contributed by atoms with E-state index in [4.69, 9.17) is 0 Å². The molecule has 0 spiro atoms. The van der Waals surface area contributed by atoms with Crippen LogP contribution < -0.4 is 0 Å². The fourth-order valence-corrected chi connectivity index (χ4v) is 2.71. The van der Waals surface area contributed by atoms with Crippen molar-refractivity contribution < 1.29 is 5.11 Å². The standard InChI is InChI=1S/C15H14BrN3O/c1-2-19-9-10(8-18-19)15(20)12-5-6-13(16)11-4-3-7-17-14(11)12/h3-9,15,20H,2H2,1H3. The third-order valence-corrected chi connectivity index (χ3v) is 4.03. The lowest BCUT2D eigenvalue weighted by molar-refractivity contribution is 0.221. The Morgan fingerprint density at radius 3 is 2.95 bits per heavy atom. The van der Waals surface area contributed by atoms with Crippen molar-refractivity contribution in [1.82, 2.24) is 14.8 Å². The topological polar surface area (TPSA) is 50.9 Å². The van der Waals surface area contributed by atoms with Gasteiger partial charge in [0.1, 0.15) is 6.10 Å². The van der Waals surface area contributed by atoms with Gasteiger partial charge in [-0.25, -0.2) is 0 Å². The molecule has 1 aromatic carbocycles. The van der Waals surface area contributed by atoms with E-state index in [0.717, 1.165) is 33.0 Å². The van der Waals surface area contributed by atoms with Crippen molar-refractivity contribution in [2.75, 3.05) is 0 Å². The van der Waals surface area contributed by atoms with Gasteiger partial charge < -0.3 is 5.11 Å². The van der Waals surface area contributed by atoms with Crippen molar-refractivity contribution in [2.45, 2.75) is 19.6 Å². The van der Waals surface area contributed by atoms with Gasteiger partial charge in [-0.2, -0.15) is 5.10 Å². The molecule has 102 valence electrons. The number of aliphatic hydroxyl groups excluding tert-OH is 1. The molecule has 4 nitrogen and oxygen atoms in total. The molecule has 0 bridgehead atoms. The zero-order valence-electron chi connectivity index (χ0n) is 11.0. The van der Waals surface area contributed by atoms with Gasteiger partial charge in [0.25, 0.3) is 0 Å². The first-order valence-electron chi connectivity index (χ1n) is 6.44. The second-order valence-electron chi connectivity index (χ2n) is 4.57. The smallest absolute Gasteiger partial charge is 0.109 e. The van der Waals surface area contributed by atoms with Crippen molar-refractivity contribution in [1.29, 1.82) is 0 Å². The van der Waals surface area contributed by atoms with E-state index in [1.807, 2.05) is 37.4 Å². The molecule has 0 aliphatic heterocycles. The van der Waals surface area contributed by atoms with Gasteiger partial charge in [0.05, 0.1) is 11.7 Å². The number of halogens is 1. The normalized spacial score (nSPS) is 12.8. The highest BCUT2D eigenvalue weighted by Crippen LogP contribution is 2.31. The molecule has 3 rings (SSSR count). The van der Waals surface area contributed by atoms with Crippen LogP contribution in [0.3, 0.4) is 0 Å². The quantitative estimate of drug-likeness (QED) is 0.801. The minimum Gasteiger partial charge on any atom is -0.383 e. The van der Waals surface area contributed by atoms with E-state index in [9.17, 15) is 5.11 Å². The molecule has 0 amide bonds. The summed E-state index contributed by atoms with van der Waals surface area (Å²) in [5, 5.41) is 15.8. The average molecular weight is 332 g/mol. The van der Waals surface area contributed by atoms with Crippen molar-refractivity contribution in [3.8, 4) is 0 Å². The van der Waals surface area contributed by atoms with E-state index in [-0.39, 0.29) is 0 Å². The molecule has 0 saturated carbocycles. The Bertz CT molecular complexity index is 754. The molecule has 1 N–H and O–H groups in total. The average Bonchev–Trinajstić information content (AvgIpc) is 2.96. The van der Waals surface area contributed by atoms with Gasteiger partial charge in [0, 0.05) is 39.9 Å². The molecule has 20 heavy (non-hydrogen) atoms. The monoisotopic (exact) mass is 331 g/mol. The van der Waals surface area contributed by atoms with Gasteiger partial charge in [0.15, 0.2) is 0 Å². The van der Waals surface area contributed by atoms with Crippen molar-refractivity contribution >= 4 is 26.8 Å². The number of pyridine rings is 1. The van der Waals surface area contributed by atoms with Crippen molar-refractivity contribution in [2.24, 2.45) is 0 Å². The van der Waals surface area contributed by atoms with Crippen LogP contribution in [0.2, 0.25) is 0 Å². The first-order valence-corrected chi connectivity index (χ1v) is 7.23. The van der Waals surface area contributed by atoms with Crippen LogP contribution in [0.4, 0.5) is 0 Å². The Morgan fingerprint density at radius 1 is 1.35 bits per heavy atom. The number of fused-ring (bicyclic) bond motifs is 1. The number of hydrogen-bond donors (Lipinski definition) is 1. The first kappa shape index (κ1) is 13.3. The largest absolute Gasteiger partial charge is 0.383 e. The third kappa shape index (κ3) is 2.23. The predicted molar refractivity (Wildman–Crippen MR) is 81.4 cm³/mol. The highest BCUT2D eigenvalue weighted by atomic mass is 79.9. The first-order chi connectivity index (χ1) is 9.70. The summed E-state index contributed by atoms with van der Waals surface area (Å²) in [6, 6.07) is 7.71. The fourth-order valence-electron chi connectivity index (χ4n) is 2.25. The SMILES string of the molecule is CCn1cc(C(O)c2ccc(Br)c3cccnc23)cn1. The number of aryl methyl sites for hydroxylation is 1. The van der Waals surface area contributed by atoms with Gasteiger partial charge in [-0.1, -0.05) is 28.1 Å². The van der Waals surface area contributed by atoms with Crippen LogP contribution >= 0.6 is 15.9 Å². The number of nitrogens with zero attached hydrogens (tertiary/aromatic N) is 3. The second kappa shape index (κ2) is 5.34. The van der Waals surface area contributed by atoms with Crippen LogP contribution in [0.25, 0.3) is 10.9 Å². The molecule has 0 aliphatic carbocycles. The molecule has 2 heterocycles. The van der Waals surface area contributed by atoms with Crippen LogP contribution in [0.1, 0.15) is 24.2 Å². The molecule has 0 fully saturated rings. The summed E-state index contributed by atoms with van der Waals surface area (Å²) in [4.78, 5) is 4.40. The van der Waals surface area contributed by atoms with E-state index < -0.39 is 6.10 Å². The third-order valence-electron chi connectivity index (χ3n) is 3.34. The summed E-state index contributed by atoms with van der Waals surface area (Å²) in [7, 11) is 0. The van der Waals surface area contributed by atoms with Crippen LogP contribution in [-0.2, 0) is 6.54 Å². The fraction of sp³-hybridized carbons (Fsp3) is 0.200. The molecule has 0 aliphatic rings. The number of hydrogen-bond acceptors (Lipinski definition) is 3. The van der Waals surface area contributed by atoms with E-state index in [0.29, 0.717) is 0 Å². The van der Waals surface area contributed by atoms with E-state index in [1.165, 1.54) is 0 Å². The van der Waals surface area contributed by atoms with Crippen molar-refractivity contribution in [3.05, 3.63) is 58.5 Å². The summed E-state index contributed by atoms with van der Waals surface area (Å²) in [6.07, 6.45) is 4.58. The molecule has 1 atom stereocenters. The Kier molecular flexibility index (Phi) is 3.54. The lowest BCUT2D eigenvalue weighted by Crippen LogP contribution is -2.01. The summed E-state index contributed by atoms with van der Waals surface area (Å²) in [5.41, 5.74) is 2.37. The Hall–Kier alpha value is -1.72. The van der Waals surface area contributed by atoms with Crippen LogP contribution in [0.5, 0.6) is 0 Å². The summed E-state index contributed by atoms with van der Waals surface area (Å²) >= 11 is 3.51. The summed E-state index contributed by atoms with van der Waals surface area (Å²) in [6.45, 7) is 2.80. The summed E-state index contributed by atoms with van der Waals surface area (Å²) in [5.74, 6) is 0. The maximum atomic E-state index is 10.6. The molecule has 3 aromatic rings. The van der Waals surface area contributed by atoms with E-state index in [2.05, 4.69) is 26.0 Å². The lowest BCUT2D eigenvalue weighted by atomic mass is 10.0. The number of aliphatic hydroxyl groups is 1. The van der Waals surface area contributed by atoms with Gasteiger partial charge >= 0.3 is 0 Å². The molecule has 1 unspecified atom stereocenters. The van der Waals surface area contributed by atoms with Gasteiger partial charge in [-0.15, -0.1) is 0 Å². The molecular weight excluding hydrogens is 318 g/mol. The van der Waals surface area contributed by atoms with Crippen LogP contribution in [0, 0.1) is 0 Å². The molecule has 5 heteroatoms. The Labute approximate surface area is 125 Å². The maximum Gasteiger partial charge on any atom is 0.109 e. The van der Waals surface area contributed by atoms with Crippen molar-refractivity contribution in [3.63, 3.8) is 0 Å². The number of aromatic nitrogens is 3. The maximum absolute atomic E-state index is 10.6. The minimum absolute atomic E-state index is 0.721. The molecule has 2 aromatic heterocycles. The lowest BCUT2D eigenvalue weighted by Gasteiger charge is -2.12. The number of rotatable bonds is 3. The molecular formula is C15H14BrN3O. The zero-order valence-corrected chi connectivity index (χ0v) is 12.6. The number of benzene rings is 1. The van der Waals surface area contributed by atoms with E-state index in [1.54, 1.807) is 17.1 Å². The zero-order chi connectivity index (χ0) is 14.1. The van der Waals surface area contributed by atoms with Crippen LogP contribution in [0.15, 0.2) is 47.3 Å². The molecule has 0 saturated heterocycles. The predicted octanol–water partition coefficient (Wildman–Crippen LogP) is 3.30. The summed E-state index contributed by atoms with van der Waals surface area (Å²) < 4.78 is 2.77. The van der Waals surface area contributed by atoms with Gasteiger partial charge in [0.2, 0.25) is 0 Å². The molecule has 0 radical (unpaired) electrons. The second-order valence-corrected chi connectivity index (χ2v) is 5.42. The minimum atomic E-state index is -0.721. The Balaban J connectivity index is 2.12. The van der Waals surface area contributed by atoms with Gasteiger partial charge in [-0.05, 0) is 19.1 Å². The van der Waals surface area contributed by atoms with Gasteiger partial charge in [-0.3, -0.25) is 9.67 Å². The van der Waals surface area contributed by atoms with Crippen LogP contribution in [-0.4, -0.2) is 19.9 Å². The highest BCUT2D eigenvalue weighted by Gasteiger charge is 2.17. The highest BCUT2D eigenvalue weighted by molar-refractivity contribution is 9.10. The Morgan fingerprint density at radius 2 is 2.20 bits per heavy atom.